The molecule has 0 fully saturated rings. The smallest absolute Gasteiger partial charge is 0.264 e. The molecule has 1 atom stereocenters. The number of carbonyl (C=O) groups is 1. The summed E-state index contributed by atoms with van der Waals surface area (Å²) in [5, 5.41) is 2.69. The summed E-state index contributed by atoms with van der Waals surface area (Å²) in [6, 6.07) is 7.28. The van der Waals surface area contributed by atoms with Crippen LogP contribution in [-0.4, -0.2) is 25.2 Å². The molecule has 1 aromatic carbocycles. The van der Waals surface area contributed by atoms with Gasteiger partial charge < -0.3 is 14.8 Å². The summed E-state index contributed by atoms with van der Waals surface area (Å²) in [5.74, 6) is 1.05. The van der Waals surface area contributed by atoms with Gasteiger partial charge >= 0.3 is 0 Å². The van der Waals surface area contributed by atoms with E-state index in [4.69, 9.17) is 9.47 Å². The van der Waals surface area contributed by atoms with Crippen LogP contribution in [0.2, 0.25) is 0 Å². The first-order valence-corrected chi connectivity index (χ1v) is 5.95. The third kappa shape index (κ3) is 3.00. The first-order valence-electron chi connectivity index (χ1n) is 5.16. The molecule has 0 radical (unpaired) electrons. The Morgan fingerprint density at radius 3 is 2.88 bits per heavy atom. The van der Waals surface area contributed by atoms with Crippen LogP contribution in [0.15, 0.2) is 35.3 Å². The number of ether oxygens (including phenoxy) is 2. The van der Waals surface area contributed by atoms with Gasteiger partial charge in [-0.1, -0.05) is 34.6 Å². The van der Waals surface area contributed by atoms with Crippen LogP contribution in [-0.2, 0) is 4.79 Å². The molecule has 1 aromatic rings. The van der Waals surface area contributed by atoms with Gasteiger partial charge in [-0.25, -0.2) is 0 Å². The molecule has 0 saturated heterocycles. The van der Waals surface area contributed by atoms with Crippen molar-refractivity contribution in [3.05, 3.63) is 35.3 Å². The number of hydrogen-bond donors (Lipinski definition) is 1. The summed E-state index contributed by atoms with van der Waals surface area (Å²) in [6.07, 6.45) is -0.614. The van der Waals surface area contributed by atoms with E-state index in [1.54, 1.807) is 6.07 Å². The number of halogens is 1. The van der Waals surface area contributed by atoms with E-state index in [0.29, 0.717) is 22.5 Å². The van der Waals surface area contributed by atoms with Gasteiger partial charge in [0, 0.05) is 11.0 Å². The Morgan fingerprint density at radius 1 is 1.47 bits per heavy atom. The lowest BCUT2D eigenvalue weighted by molar-refractivity contribution is -0.130. The topological polar surface area (TPSA) is 47.6 Å². The summed E-state index contributed by atoms with van der Waals surface area (Å²) in [7, 11) is 0. The maximum Gasteiger partial charge on any atom is 0.264 e. The zero-order chi connectivity index (χ0) is 12.3. The predicted molar refractivity (Wildman–Crippen MR) is 67.4 cm³/mol. The van der Waals surface area contributed by atoms with Crippen molar-refractivity contribution in [1.29, 1.82) is 0 Å². The van der Waals surface area contributed by atoms with Crippen molar-refractivity contribution < 1.29 is 14.3 Å². The highest BCUT2D eigenvalue weighted by atomic mass is 79.9. The van der Waals surface area contributed by atoms with E-state index in [1.807, 2.05) is 18.2 Å². The van der Waals surface area contributed by atoms with Crippen LogP contribution in [0.5, 0.6) is 11.5 Å². The van der Waals surface area contributed by atoms with Crippen LogP contribution in [0.25, 0.3) is 0 Å². The summed E-state index contributed by atoms with van der Waals surface area (Å²) in [5.41, 5.74) is 0. The molecule has 1 N–H and O–H groups in total. The summed E-state index contributed by atoms with van der Waals surface area (Å²) < 4.78 is 11.7. The molecule has 2 rings (SSSR count). The minimum atomic E-state index is -0.614. The number of fused-ring (bicyclic) bond motifs is 1. The largest absolute Gasteiger partial charge is 0.485 e. The van der Waals surface area contributed by atoms with E-state index in [1.165, 1.54) is 0 Å². The van der Waals surface area contributed by atoms with E-state index in [-0.39, 0.29) is 12.5 Å². The van der Waals surface area contributed by atoms with E-state index in [0.717, 1.165) is 0 Å². The zero-order valence-electron chi connectivity index (χ0n) is 9.11. The van der Waals surface area contributed by atoms with Gasteiger partial charge in [-0.15, -0.1) is 0 Å². The minimum Gasteiger partial charge on any atom is -0.485 e. The molecule has 1 aliphatic rings. The Hall–Kier alpha value is -1.49. The van der Waals surface area contributed by atoms with Crippen molar-refractivity contribution in [3.8, 4) is 11.5 Å². The zero-order valence-corrected chi connectivity index (χ0v) is 10.7. The van der Waals surface area contributed by atoms with Crippen LogP contribution in [0.4, 0.5) is 0 Å². The van der Waals surface area contributed by atoms with Gasteiger partial charge in [0.25, 0.3) is 5.91 Å². The van der Waals surface area contributed by atoms with Crippen LogP contribution in [0, 0.1) is 0 Å². The number of benzene rings is 1. The third-order valence-corrected chi connectivity index (χ3v) is 2.54. The van der Waals surface area contributed by atoms with E-state index >= 15 is 0 Å². The van der Waals surface area contributed by atoms with Crippen molar-refractivity contribution >= 4 is 21.8 Å². The standard InChI is InChI=1S/C12H12BrNO3/c1-8(13)6-14-12(15)11-7-16-9-4-2-3-5-10(9)17-11/h2-5,11H,1,6-7H2,(H,14,15). The Bertz CT molecular complexity index is 447. The van der Waals surface area contributed by atoms with Crippen molar-refractivity contribution in [2.75, 3.05) is 13.2 Å². The maximum atomic E-state index is 11.7. The maximum absolute atomic E-state index is 11.7. The molecule has 1 amide bonds. The predicted octanol–water partition coefficient (Wildman–Crippen LogP) is 1.85. The van der Waals surface area contributed by atoms with Crippen molar-refractivity contribution in [2.24, 2.45) is 0 Å². The molecular weight excluding hydrogens is 286 g/mol. The Kier molecular flexibility index (Phi) is 3.68. The van der Waals surface area contributed by atoms with Gasteiger partial charge in [-0.05, 0) is 12.1 Å². The summed E-state index contributed by atoms with van der Waals surface area (Å²) >= 11 is 3.17. The normalized spacial score (nSPS) is 17.4. The number of nitrogens with one attached hydrogen (secondary N) is 1. The van der Waals surface area contributed by atoms with Crippen LogP contribution in [0.3, 0.4) is 0 Å². The highest BCUT2D eigenvalue weighted by Crippen LogP contribution is 2.30. The monoisotopic (exact) mass is 297 g/mol. The quantitative estimate of drug-likeness (QED) is 0.926. The second-order valence-corrected chi connectivity index (χ2v) is 4.72. The molecular formula is C12H12BrNO3. The van der Waals surface area contributed by atoms with Gasteiger partial charge in [0.2, 0.25) is 6.10 Å². The Morgan fingerprint density at radius 2 is 2.18 bits per heavy atom. The molecule has 0 spiro atoms. The van der Waals surface area contributed by atoms with Crippen molar-refractivity contribution in [2.45, 2.75) is 6.10 Å². The number of hydrogen-bond acceptors (Lipinski definition) is 3. The molecule has 90 valence electrons. The van der Waals surface area contributed by atoms with Gasteiger partial charge in [0.05, 0.1) is 0 Å². The molecule has 17 heavy (non-hydrogen) atoms. The molecule has 0 aliphatic carbocycles. The fourth-order valence-corrected chi connectivity index (χ4v) is 1.59. The highest BCUT2D eigenvalue weighted by molar-refractivity contribution is 9.11. The highest BCUT2D eigenvalue weighted by Gasteiger charge is 2.26. The fraction of sp³-hybridized carbons (Fsp3) is 0.250. The van der Waals surface area contributed by atoms with Gasteiger partial charge in [-0.3, -0.25) is 4.79 Å². The van der Waals surface area contributed by atoms with Crippen LogP contribution in [0.1, 0.15) is 0 Å². The molecule has 1 heterocycles. The first kappa shape index (κ1) is 12.0. The van der Waals surface area contributed by atoms with Crippen LogP contribution < -0.4 is 14.8 Å². The van der Waals surface area contributed by atoms with Gasteiger partial charge in [0.15, 0.2) is 11.5 Å². The van der Waals surface area contributed by atoms with Crippen molar-refractivity contribution in [3.63, 3.8) is 0 Å². The third-order valence-electron chi connectivity index (χ3n) is 2.26. The lowest BCUT2D eigenvalue weighted by atomic mass is 10.2. The molecule has 1 unspecified atom stereocenters. The summed E-state index contributed by atoms with van der Waals surface area (Å²) in [6.45, 7) is 4.23. The fourth-order valence-electron chi connectivity index (χ4n) is 1.45. The number of amides is 1. The van der Waals surface area contributed by atoms with Crippen molar-refractivity contribution in [1.82, 2.24) is 5.32 Å². The molecule has 1 aliphatic heterocycles. The number of carbonyl (C=O) groups excluding carboxylic acids is 1. The Balaban J connectivity index is 1.97. The van der Waals surface area contributed by atoms with Gasteiger partial charge in [0.1, 0.15) is 6.61 Å². The molecule has 0 bridgehead atoms. The number of para-hydroxylation sites is 2. The molecule has 5 heteroatoms. The second-order valence-electron chi connectivity index (χ2n) is 3.60. The lowest BCUT2D eigenvalue weighted by Gasteiger charge is -2.25. The van der Waals surface area contributed by atoms with E-state index in [9.17, 15) is 4.79 Å². The van der Waals surface area contributed by atoms with E-state index in [2.05, 4.69) is 27.8 Å². The first-order chi connectivity index (χ1) is 8.16. The summed E-state index contributed by atoms with van der Waals surface area (Å²) in [4.78, 5) is 11.7. The lowest BCUT2D eigenvalue weighted by Crippen LogP contribution is -2.44. The van der Waals surface area contributed by atoms with E-state index < -0.39 is 6.10 Å². The van der Waals surface area contributed by atoms with Crippen LogP contribution >= 0.6 is 15.9 Å². The SMILES string of the molecule is C=C(Br)CNC(=O)C1COc2ccccc2O1. The Labute approximate surface area is 108 Å². The average Bonchev–Trinajstić information content (AvgIpc) is 2.35. The number of rotatable bonds is 3. The second kappa shape index (κ2) is 5.23. The minimum absolute atomic E-state index is 0.208. The average molecular weight is 298 g/mol. The van der Waals surface area contributed by atoms with Gasteiger partial charge in [-0.2, -0.15) is 0 Å². The molecule has 4 nitrogen and oxygen atoms in total. The molecule has 0 saturated carbocycles. The molecule has 0 aromatic heterocycles.